The van der Waals surface area contributed by atoms with E-state index in [1.807, 2.05) is 0 Å². The third-order valence-corrected chi connectivity index (χ3v) is 2.97. The van der Waals surface area contributed by atoms with E-state index in [0.717, 1.165) is 0 Å². The molecule has 0 amide bonds. The molecule has 12 heavy (non-hydrogen) atoms. The van der Waals surface area contributed by atoms with Crippen LogP contribution in [-0.4, -0.2) is 9.54 Å². The Bertz CT molecular complexity index is 440. The molecule has 0 aliphatic rings. The van der Waals surface area contributed by atoms with Gasteiger partial charge in [-0.2, -0.15) is 4.98 Å². The lowest BCUT2D eigenvalue weighted by Crippen LogP contribution is -1.84. The van der Waals surface area contributed by atoms with Crippen molar-refractivity contribution in [1.82, 2.24) is 4.98 Å². The molecule has 0 spiro atoms. The molecule has 2 N–H and O–H groups in total. The smallest absolute Gasteiger partial charge is 0.229 e. The van der Waals surface area contributed by atoms with Crippen molar-refractivity contribution in [2.45, 2.75) is 0 Å². The Morgan fingerprint density at radius 1 is 1.50 bits per heavy atom. The summed E-state index contributed by atoms with van der Waals surface area (Å²) in [5.41, 5.74) is 7.99. The van der Waals surface area contributed by atoms with Gasteiger partial charge in [-0.15, -0.1) is 0 Å². The van der Waals surface area contributed by atoms with E-state index < -0.39 is 10.8 Å². The molecule has 0 aliphatic carbocycles. The van der Waals surface area contributed by atoms with Crippen molar-refractivity contribution >= 4 is 38.3 Å². The van der Waals surface area contributed by atoms with Crippen molar-refractivity contribution in [1.29, 1.82) is 0 Å². The molecule has 2 aromatic rings. The molecule has 0 saturated carbocycles. The molecule has 1 aromatic heterocycles. The summed E-state index contributed by atoms with van der Waals surface area (Å²) in [4.78, 5) is 3.92. The fourth-order valence-electron chi connectivity index (χ4n) is 0.982. The SMILES string of the molecule is Nc1cc2c(cc1Cl)nc[s+]2[O-]. The van der Waals surface area contributed by atoms with Gasteiger partial charge in [-0.25, -0.2) is 0 Å². The van der Waals surface area contributed by atoms with Crippen molar-refractivity contribution in [3.05, 3.63) is 22.7 Å². The summed E-state index contributed by atoms with van der Waals surface area (Å²) in [6, 6.07) is 3.22. The number of nitrogens with zero attached hydrogens (tertiary/aromatic N) is 1. The molecule has 0 aliphatic heterocycles. The van der Waals surface area contributed by atoms with Gasteiger partial charge in [0.2, 0.25) is 10.2 Å². The van der Waals surface area contributed by atoms with Crippen LogP contribution in [0.3, 0.4) is 0 Å². The van der Waals surface area contributed by atoms with Gasteiger partial charge >= 0.3 is 0 Å². The number of fused-ring (bicyclic) bond motifs is 1. The Labute approximate surface area is 76.6 Å². The molecule has 0 bridgehead atoms. The van der Waals surface area contributed by atoms with Gasteiger partial charge in [0.05, 0.1) is 10.7 Å². The zero-order valence-electron chi connectivity index (χ0n) is 5.95. The molecule has 2 rings (SSSR count). The first kappa shape index (κ1) is 7.79. The first-order valence-corrected chi connectivity index (χ1v) is 4.81. The molecule has 0 radical (unpaired) electrons. The number of aromatic nitrogens is 1. The van der Waals surface area contributed by atoms with E-state index in [4.69, 9.17) is 17.3 Å². The minimum absolute atomic E-state index is 0.439. The maximum absolute atomic E-state index is 11.2. The summed E-state index contributed by atoms with van der Waals surface area (Å²) in [7, 11) is -1.15. The topological polar surface area (TPSA) is 62.0 Å². The number of hydrogen-bond donors (Lipinski definition) is 1. The second-order valence-electron chi connectivity index (χ2n) is 2.37. The second-order valence-corrected chi connectivity index (χ2v) is 4.03. The van der Waals surface area contributed by atoms with Crippen molar-refractivity contribution in [3.8, 4) is 0 Å². The molecular formula is C7H5ClN2OS. The lowest BCUT2D eigenvalue weighted by molar-refractivity contribution is 0.599. The number of benzene rings is 1. The highest BCUT2D eigenvalue weighted by Crippen LogP contribution is 2.31. The van der Waals surface area contributed by atoms with Crippen LogP contribution in [0.2, 0.25) is 5.02 Å². The number of rotatable bonds is 0. The normalized spacial score (nSPS) is 12.3. The highest BCUT2D eigenvalue weighted by Gasteiger charge is 2.09. The van der Waals surface area contributed by atoms with Crippen LogP contribution in [0, 0.1) is 0 Å². The number of anilines is 1. The zero-order valence-corrected chi connectivity index (χ0v) is 7.52. The van der Waals surface area contributed by atoms with E-state index in [9.17, 15) is 4.55 Å². The van der Waals surface area contributed by atoms with Crippen LogP contribution in [0.15, 0.2) is 17.6 Å². The summed E-state index contributed by atoms with van der Waals surface area (Å²) in [5.74, 6) is 0. The third kappa shape index (κ3) is 1.04. The van der Waals surface area contributed by atoms with Crippen LogP contribution in [0.1, 0.15) is 0 Å². The molecule has 1 heterocycles. The molecular weight excluding hydrogens is 196 g/mol. The molecule has 0 saturated heterocycles. The molecule has 1 unspecified atom stereocenters. The largest absolute Gasteiger partial charge is 0.589 e. The maximum atomic E-state index is 11.2. The van der Waals surface area contributed by atoms with Crippen molar-refractivity contribution in [2.75, 3.05) is 5.73 Å². The lowest BCUT2D eigenvalue weighted by atomic mass is 10.3. The van der Waals surface area contributed by atoms with Gasteiger partial charge in [0, 0.05) is 6.07 Å². The first-order valence-electron chi connectivity index (χ1n) is 3.22. The highest BCUT2D eigenvalue weighted by atomic mass is 35.5. The first-order chi connectivity index (χ1) is 5.68. The molecule has 5 heteroatoms. The highest BCUT2D eigenvalue weighted by molar-refractivity contribution is 7.29. The third-order valence-electron chi connectivity index (χ3n) is 1.58. The Kier molecular flexibility index (Phi) is 1.68. The molecule has 62 valence electrons. The number of halogens is 1. The monoisotopic (exact) mass is 200 g/mol. The number of thiazole rings is 1. The van der Waals surface area contributed by atoms with E-state index in [-0.39, 0.29) is 0 Å². The van der Waals surface area contributed by atoms with E-state index in [2.05, 4.69) is 4.98 Å². The fraction of sp³-hybridized carbons (Fsp3) is 0. The average molecular weight is 201 g/mol. The standard InChI is InChI=1S/C7H5ClN2OS/c8-4-1-6-7(2-5(4)9)12(11)3-10-6/h1-3H,9H2. The minimum Gasteiger partial charge on any atom is -0.589 e. The Morgan fingerprint density at radius 2 is 2.25 bits per heavy atom. The van der Waals surface area contributed by atoms with E-state index in [1.54, 1.807) is 12.1 Å². The van der Waals surface area contributed by atoms with Crippen LogP contribution in [0.25, 0.3) is 10.2 Å². The van der Waals surface area contributed by atoms with Crippen molar-refractivity contribution in [2.24, 2.45) is 0 Å². The van der Waals surface area contributed by atoms with E-state index in [0.29, 0.717) is 20.9 Å². The Balaban J connectivity index is 2.87. The summed E-state index contributed by atoms with van der Waals surface area (Å²) in [6.07, 6.45) is 0. The van der Waals surface area contributed by atoms with Gasteiger partial charge in [-0.3, -0.25) is 0 Å². The lowest BCUT2D eigenvalue weighted by Gasteiger charge is -1.94. The summed E-state index contributed by atoms with van der Waals surface area (Å²) >= 11 is 5.74. The predicted octanol–water partition coefficient (Wildman–Crippen LogP) is 2.20. The van der Waals surface area contributed by atoms with Gasteiger partial charge in [0.1, 0.15) is 5.52 Å². The van der Waals surface area contributed by atoms with Crippen LogP contribution in [-0.2, 0) is 0 Å². The number of nitrogen functional groups attached to an aromatic ring is 1. The van der Waals surface area contributed by atoms with Crippen molar-refractivity contribution in [3.63, 3.8) is 0 Å². The molecule has 1 atom stereocenters. The predicted molar refractivity (Wildman–Crippen MR) is 49.8 cm³/mol. The van der Waals surface area contributed by atoms with Crippen LogP contribution < -0.4 is 5.73 Å². The number of nitrogens with two attached hydrogens (primary N) is 1. The van der Waals surface area contributed by atoms with Gasteiger partial charge in [-0.05, 0) is 16.8 Å². The van der Waals surface area contributed by atoms with Crippen molar-refractivity contribution < 1.29 is 4.55 Å². The van der Waals surface area contributed by atoms with Gasteiger partial charge in [0.25, 0.3) is 0 Å². The average Bonchev–Trinajstić information content (AvgIpc) is 2.35. The van der Waals surface area contributed by atoms with Crippen LogP contribution in [0.4, 0.5) is 5.69 Å². The quantitative estimate of drug-likeness (QED) is 0.524. The summed E-state index contributed by atoms with van der Waals surface area (Å²) < 4.78 is 11.8. The summed E-state index contributed by atoms with van der Waals surface area (Å²) in [6.45, 7) is 0. The van der Waals surface area contributed by atoms with E-state index >= 15 is 0 Å². The van der Waals surface area contributed by atoms with Crippen LogP contribution >= 0.6 is 22.4 Å². The van der Waals surface area contributed by atoms with Gasteiger partial charge in [0.15, 0.2) is 0 Å². The minimum atomic E-state index is -1.15. The zero-order chi connectivity index (χ0) is 8.72. The van der Waals surface area contributed by atoms with Gasteiger partial charge in [-0.1, -0.05) is 11.6 Å². The molecule has 1 aromatic carbocycles. The van der Waals surface area contributed by atoms with E-state index in [1.165, 1.54) is 5.51 Å². The molecule has 0 fully saturated rings. The fourth-order valence-corrected chi connectivity index (χ4v) is 2.02. The number of hydrogen-bond acceptors (Lipinski definition) is 3. The second kappa shape index (κ2) is 2.58. The van der Waals surface area contributed by atoms with Crippen LogP contribution in [0.5, 0.6) is 0 Å². The van der Waals surface area contributed by atoms with Gasteiger partial charge < -0.3 is 10.3 Å². The summed E-state index contributed by atoms with van der Waals surface area (Å²) in [5, 5.41) is 0.449. The Hall–Kier alpha value is -0.840. The maximum Gasteiger partial charge on any atom is 0.229 e. The Morgan fingerprint density at radius 3 is 3.00 bits per heavy atom. The molecule has 3 nitrogen and oxygen atoms in total.